The molecule has 0 aromatic rings. The van der Waals surface area contributed by atoms with Gasteiger partial charge < -0.3 is 4.90 Å². The van der Waals surface area contributed by atoms with Crippen LogP contribution in [0.15, 0.2) is 0 Å². The van der Waals surface area contributed by atoms with E-state index in [-0.39, 0.29) is 0 Å². The summed E-state index contributed by atoms with van der Waals surface area (Å²) in [5, 5.41) is 0. The van der Waals surface area contributed by atoms with E-state index in [0.717, 1.165) is 18.2 Å². The molecule has 0 aliphatic rings. The Hall–Kier alpha value is 0.310. The molecule has 0 aliphatic heterocycles. The molecule has 0 spiro atoms. The van der Waals surface area contributed by atoms with Crippen molar-refractivity contribution < 1.29 is 0 Å². The largest absolute Gasteiger partial charge is 0.305 e. The van der Waals surface area contributed by atoms with Crippen LogP contribution in [0.4, 0.5) is 0 Å². The average Bonchev–Trinajstić information content (AvgIpc) is 1.91. The molecule has 0 aromatic heterocycles. The lowest BCUT2D eigenvalue weighted by molar-refractivity contribution is 0.313. The predicted molar refractivity (Wildman–Crippen MR) is 57.5 cm³/mol. The van der Waals surface area contributed by atoms with Crippen LogP contribution < -0.4 is 0 Å². The van der Waals surface area contributed by atoms with Gasteiger partial charge in [0.25, 0.3) is 0 Å². The van der Waals surface area contributed by atoms with Crippen molar-refractivity contribution in [2.75, 3.05) is 25.9 Å². The van der Waals surface area contributed by atoms with Crippen molar-refractivity contribution in [1.82, 2.24) is 4.90 Å². The summed E-state index contributed by atoms with van der Waals surface area (Å²) in [6.45, 7) is 10.7. The third kappa shape index (κ3) is 13.3. The Morgan fingerprint density at radius 2 is 1.73 bits per heavy atom. The first-order valence-corrected chi connectivity index (χ1v) is 5.09. The maximum atomic E-state index is 4.14. The van der Waals surface area contributed by atoms with Crippen molar-refractivity contribution in [3.63, 3.8) is 0 Å². The molecule has 0 aliphatic carbocycles. The van der Waals surface area contributed by atoms with E-state index in [1.165, 1.54) is 6.54 Å². The summed E-state index contributed by atoms with van der Waals surface area (Å²) in [5.41, 5.74) is 0. The first-order chi connectivity index (χ1) is 5.16. The third-order valence-electron chi connectivity index (χ3n) is 1.16. The quantitative estimate of drug-likeness (QED) is 0.646. The molecule has 0 radical (unpaired) electrons. The summed E-state index contributed by atoms with van der Waals surface area (Å²) < 4.78 is 0. The second-order valence-electron chi connectivity index (χ2n) is 2.88. The van der Waals surface area contributed by atoms with Crippen molar-refractivity contribution in [1.29, 1.82) is 0 Å². The summed E-state index contributed by atoms with van der Waals surface area (Å²) in [4.78, 5) is 2.30. The second kappa shape index (κ2) is 10.3. The van der Waals surface area contributed by atoms with Crippen LogP contribution in [0.2, 0.25) is 0 Å². The molecule has 2 heteroatoms. The predicted octanol–water partition coefficient (Wildman–Crippen LogP) is 2.53. The Kier molecular flexibility index (Phi) is 13.0. The molecule has 0 N–H and O–H groups in total. The van der Waals surface area contributed by atoms with Crippen LogP contribution in [-0.2, 0) is 0 Å². The molecule has 0 bridgehead atoms. The zero-order chi connectivity index (χ0) is 9.28. The van der Waals surface area contributed by atoms with E-state index < -0.39 is 0 Å². The van der Waals surface area contributed by atoms with Crippen LogP contribution in [0.1, 0.15) is 27.7 Å². The number of rotatable bonds is 4. The number of nitrogens with zero attached hydrogens (tertiary/aromatic N) is 1. The van der Waals surface area contributed by atoms with Crippen LogP contribution in [0.25, 0.3) is 0 Å². The molecule has 70 valence electrons. The summed E-state index contributed by atoms with van der Waals surface area (Å²) in [7, 11) is 2.14. The Labute approximate surface area is 77.6 Å². The molecular formula is C9H23NS. The van der Waals surface area contributed by atoms with E-state index in [1.54, 1.807) is 0 Å². The molecule has 0 atom stereocenters. The highest BCUT2D eigenvalue weighted by molar-refractivity contribution is 7.80. The van der Waals surface area contributed by atoms with Gasteiger partial charge in [0, 0.05) is 18.8 Å². The molecular weight excluding hydrogens is 154 g/mol. The Bertz CT molecular complexity index is 64.6. The van der Waals surface area contributed by atoms with Gasteiger partial charge in [-0.15, -0.1) is 0 Å². The first kappa shape index (κ1) is 13.9. The highest BCUT2D eigenvalue weighted by atomic mass is 32.1. The van der Waals surface area contributed by atoms with Gasteiger partial charge in [-0.3, -0.25) is 0 Å². The minimum absolute atomic E-state index is 0.773. The minimum Gasteiger partial charge on any atom is -0.305 e. The Balaban J connectivity index is 0. The van der Waals surface area contributed by atoms with Gasteiger partial charge in [0.05, 0.1) is 0 Å². The van der Waals surface area contributed by atoms with Gasteiger partial charge in [-0.25, -0.2) is 0 Å². The van der Waals surface area contributed by atoms with E-state index in [1.807, 2.05) is 13.8 Å². The zero-order valence-electron chi connectivity index (χ0n) is 8.59. The maximum Gasteiger partial charge on any atom is 0.00669 e. The second-order valence-corrected chi connectivity index (χ2v) is 3.33. The van der Waals surface area contributed by atoms with Crippen LogP contribution in [0, 0.1) is 5.92 Å². The Morgan fingerprint density at radius 3 is 2.00 bits per heavy atom. The first-order valence-electron chi connectivity index (χ1n) is 4.46. The van der Waals surface area contributed by atoms with Gasteiger partial charge in [0.15, 0.2) is 0 Å². The maximum absolute atomic E-state index is 4.14. The van der Waals surface area contributed by atoms with E-state index in [9.17, 15) is 0 Å². The topological polar surface area (TPSA) is 3.24 Å². The van der Waals surface area contributed by atoms with Gasteiger partial charge in [0.1, 0.15) is 0 Å². The highest BCUT2D eigenvalue weighted by Gasteiger charge is 1.98. The fourth-order valence-corrected chi connectivity index (χ4v) is 1.23. The molecule has 1 nitrogen and oxygen atoms in total. The van der Waals surface area contributed by atoms with Crippen LogP contribution in [0.5, 0.6) is 0 Å². The van der Waals surface area contributed by atoms with Crippen molar-refractivity contribution in [3.8, 4) is 0 Å². The molecule has 0 saturated heterocycles. The van der Waals surface area contributed by atoms with E-state index in [2.05, 4.69) is 38.4 Å². The van der Waals surface area contributed by atoms with E-state index >= 15 is 0 Å². The third-order valence-corrected chi connectivity index (χ3v) is 1.36. The molecule has 0 rings (SSSR count). The van der Waals surface area contributed by atoms with Gasteiger partial charge in [-0.2, -0.15) is 12.6 Å². The Morgan fingerprint density at radius 1 is 1.27 bits per heavy atom. The van der Waals surface area contributed by atoms with Crippen molar-refractivity contribution in [3.05, 3.63) is 0 Å². The minimum atomic E-state index is 0.773. The number of hydrogen-bond acceptors (Lipinski definition) is 2. The molecule has 0 amide bonds. The summed E-state index contributed by atoms with van der Waals surface area (Å²) in [5.74, 6) is 1.73. The van der Waals surface area contributed by atoms with E-state index in [0.29, 0.717) is 0 Å². The molecule has 0 heterocycles. The summed E-state index contributed by atoms with van der Waals surface area (Å²) in [6, 6.07) is 0. The SMILES string of the molecule is CC.CC(C)CN(C)CCS. The van der Waals surface area contributed by atoms with Gasteiger partial charge in [0.2, 0.25) is 0 Å². The lowest BCUT2D eigenvalue weighted by atomic mass is 10.2. The molecule has 0 fully saturated rings. The van der Waals surface area contributed by atoms with Crippen molar-refractivity contribution in [2.45, 2.75) is 27.7 Å². The lowest BCUT2D eigenvalue weighted by Crippen LogP contribution is -2.25. The molecule has 11 heavy (non-hydrogen) atoms. The number of hydrogen-bond donors (Lipinski definition) is 1. The average molecular weight is 177 g/mol. The fourth-order valence-electron chi connectivity index (χ4n) is 0.885. The molecule has 0 aromatic carbocycles. The van der Waals surface area contributed by atoms with Gasteiger partial charge >= 0.3 is 0 Å². The molecule has 0 saturated carbocycles. The van der Waals surface area contributed by atoms with Gasteiger partial charge in [-0.1, -0.05) is 27.7 Å². The van der Waals surface area contributed by atoms with Crippen molar-refractivity contribution >= 4 is 12.6 Å². The van der Waals surface area contributed by atoms with Crippen LogP contribution >= 0.6 is 12.6 Å². The standard InChI is InChI=1S/C7H17NS.C2H6/c1-7(2)6-8(3)4-5-9;1-2/h7,9H,4-6H2,1-3H3;1-2H3. The normalized spacial score (nSPS) is 9.82. The van der Waals surface area contributed by atoms with E-state index in [4.69, 9.17) is 0 Å². The summed E-state index contributed by atoms with van der Waals surface area (Å²) >= 11 is 4.14. The van der Waals surface area contributed by atoms with Gasteiger partial charge in [-0.05, 0) is 13.0 Å². The van der Waals surface area contributed by atoms with Crippen LogP contribution in [-0.4, -0.2) is 30.8 Å². The molecule has 0 unspecified atom stereocenters. The monoisotopic (exact) mass is 177 g/mol. The fraction of sp³-hybridized carbons (Fsp3) is 1.00. The zero-order valence-corrected chi connectivity index (χ0v) is 9.49. The summed E-state index contributed by atoms with van der Waals surface area (Å²) in [6.07, 6.45) is 0. The van der Waals surface area contributed by atoms with Crippen LogP contribution in [0.3, 0.4) is 0 Å². The highest BCUT2D eigenvalue weighted by Crippen LogP contribution is 1.94. The lowest BCUT2D eigenvalue weighted by Gasteiger charge is -2.16. The smallest absolute Gasteiger partial charge is 0.00669 e. The number of thiol groups is 1. The van der Waals surface area contributed by atoms with Crippen molar-refractivity contribution in [2.24, 2.45) is 5.92 Å².